The van der Waals surface area contributed by atoms with E-state index in [2.05, 4.69) is 16.0 Å². The van der Waals surface area contributed by atoms with Gasteiger partial charge in [-0.05, 0) is 32.7 Å². The molecule has 0 saturated carbocycles. The van der Waals surface area contributed by atoms with E-state index in [9.17, 15) is 29.1 Å². The van der Waals surface area contributed by atoms with E-state index in [1.165, 1.54) is 6.92 Å². The van der Waals surface area contributed by atoms with Gasteiger partial charge in [0.05, 0.1) is 12.6 Å². The standard InChI is InChI=1S/C17H31N5O8/c1-9(14(26)21-11(17(29)30)5-6-13(24)25)20-16(28)12(8-23)22-15(27)10(19)4-2-3-7-18/h9-12,23H,2-8,18-19H2,1H3,(H,20,28)(H,21,26)(H,22,27)(H,24,25)(H,29,30). The lowest BCUT2D eigenvalue weighted by atomic mass is 10.1. The normalized spacial score (nSPS) is 14.7. The molecule has 4 atom stereocenters. The topological polar surface area (TPSA) is 234 Å². The minimum atomic E-state index is -1.45. The number of hydrogen-bond donors (Lipinski definition) is 8. The fraction of sp³-hybridized carbons (Fsp3) is 0.706. The smallest absolute Gasteiger partial charge is 0.326 e. The van der Waals surface area contributed by atoms with Crippen LogP contribution in [-0.4, -0.2) is 82.3 Å². The van der Waals surface area contributed by atoms with Crippen molar-refractivity contribution in [2.45, 2.75) is 63.2 Å². The van der Waals surface area contributed by atoms with Gasteiger partial charge in [0, 0.05) is 6.42 Å². The van der Waals surface area contributed by atoms with Gasteiger partial charge in [0.2, 0.25) is 17.7 Å². The van der Waals surface area contributed by atoms with Crippen LogP contribution in [0.4, 0.5) is 0 Å². The van der Waals surface area contributed by atoms with Crippen LogP contribution in [0.15, 0.2) is 0 Å². The van der Waals surface area contributed by atoms with E-state index in [1.54, 1.807) is 0 Å². The molecule has 0 saturated heterocycles. The number of aliphatic hydroxyl groups is 1. The summed E-state index contributed by atoms with van der Waals surface area (Å²) in [5, 5.41) is 33.7. The third-order valence-electron chi connectivity index (χ3n) is 4.14. The van der Waals surface area contributed by atoms with Gasteiger partial charge in [-0.2, -0.15) is 0 Å². The maximum Gasteiger partial charge on any atom is 0.326 e. The highest BCUT2D eigenvalue weighted by atomic mass is 16.4. The molecule has 0 aliphatic heterocycles. The first-order valence-corrected chi connectivity index (χ1v) is 9.45. The van der Waals surface area contributed by atoms with E-state index in [0.717, 1.165) is 0 Å². The Morgan fingerprint density at radius 3 is 1.97 bits per heavy atom. The van der Waals surface area contributed by atoms with Gasteiger partial charge in [-0.1, -0.05) is 6.42 Å². The Morgan fingerprint density at radius 2 is 1.47 bits per heavy atom. The maximum atomic E-state index is 12.2. The van der Waals surface area contributed by atoms with Crippen molar-refractivity contribution in [3.05, 3.63) is 0 Å². The lowest BCUT2D eigenvalue weighted by Crippen LogP contribution is -2.57. The Hall–Kier alpha value is -2.77. The van der Waals surface area contributed by atoms with Crippen LogP contribution in [0.2, 0.25) is 0 Å². The summed E-state index contributed by atoms with van der Waals surface area (Å²) in [6.45, 7) is 0.963. The number of nitrogens with one attached hydrogen (secondary N) is 3. The third kappa shape index (κ3) is 10.7. The van der Waals surface area contributed by atoms with Crippen LogP contribution in [0.5, 0.6) is 0 Å². The third-order valence-corrected chi connectivity index (χ3v) is 4.14. The molecule has 0 aromatic rings. The molecule has 0 spiro atoms. The zero-order valence-corrected chi connectivity index (χ0v) is 16.8. The minimum absolute atomic E-state index is 0.339. The number of nitrogens with two attached hydrogens (primary N) is 2. The Morgan fingerprint density at radius 1 is 0.867 bits per heavy atom. The predicted octanol–water partition coefficient (Wildman–Crippen LogP) is -3.14. The summed E-state index contributed by atoms with van der Waals surface area (Å²) in [7, 11) is 0. The first-order chi connectivity index (χ1) is 14.0. The van der Waals surface area contributed by atoms with Crippen LogP contribution in [0.25, 0.3) is 0 Å². The molecular weight excluding hydrogens is 402 g/mol. The largest absolute Gasteiger partial charge is 0.481 e. The lowest BCUT2D eigenvalue weighted by Gasteiger charge is -2.22. The fourth-order valence-corrected chi connectivity index (χ4v) is 2.31. The van der Waals surface area contributed by atoms with Gasteiger partial charge < -0.3 is 42.7 Å². The Bertz CT molecular complexity index is 615. The molecule has 172 valence electrons. The second kappa shape index (κ2) is 14.3. The monoisotopic (exact) mass is 433 g/mol. The average molecular weight is 433 g/mol. The lowest BCUT2D eigenvalue weighted by molar-refractivity contribution is -0.143. The second-order valence-corrected chi connectivity index (χ2v) is 6.70. The van der Waals surface area contributed by atoms with Crippen molar-refractivity contribution in [3.8, 4) is 0 Å². The number of carbonyl (C=O) groups is 5. The molecule has 13 heteroatoms. The number of aliphatic carboxylic acids is 2. The van der Waals surface area contributed by atoms with Gasteiger partial charge in [0.15, 0.2) is 0 Å². The number of carboxylic acids is 2. The summed E-state index contributed by atoms with van der Waals surface area (Å²) >= 11 is 0. The van der Waals surface area contributed by atoms with Crippen molar-refractivity contribution in [2.24, 2.45) is 11.5 Å². The summed E-state index contributed by atoms with van der Waals surface area (Å²) in [6.07, 6.45) is 0.831. The molecule has 10 N–H and O–H groups in total. The number of carbonyl (C=O) groups excluding carboxylic acids is 3. The molecule has 0 radical (unpaired) electrons. The van der Waals surface area contributed by atoms with Crippen molar-refractivity contribution in [3.63, 3.8) is 0 Å². The van der Waals surface area contributed by atoms with Crippen LogP contribution in [0.3, 0.4) is 0 Å². The zero-order valence-electron chi connectivity index (χ0n) is 16.8. The van der Waals surface area contributed by atoms with E-state index < -0.39 is 66.9 Å². The van der Waals surface area contributed by atoms with Gasteiger partial charge in [-0.25, -0.2) is 4.79 Å². The molecule has 3 amide bonds. The molecule has 0 bridgehead atoms. The molecule has 4 unspecified atom stereocenters. The maximum absolute atomic E-state index is 12.2. The number of rotatable bonds is 15. The van der Waals surface area contributed by atoms with Crippen LogP contribution in [-0.2, 0) is 24.0 Å². The van der Waals surface area contributed by atoms with Crippen molar-refractivity contribution < 1.29 is 39.3 Å². The number of unbranched alkanes of at least 4 members (excludes halogenated alkanes) is 1. The molecule has 0 aromatic carbocycles. The zero-order chi connectivity index (χ0) is 23.3. The van der Waals surface area contributed by atoms with Gasteiger partial charge in [-0.3, -0.25) is 19.2 Å². The Kier molecular flexibility index (Phi) is 12.9. The van der Waals surface area contributed by atoms with Crippen LogP contribution >= 0.6 is 0 Å². The highest BCUT2D eigenvalue weighted by Gasteiger charge is 2.28. The predicted molar refractivity (Wildman–Crippen MR) is 104 cm³/mol. The van der Waals surface area contributed by atoms with Crippen LogP contribution in [0.1, 0.15) is 39.0 Å². The highest BCUT2D eigenvalue weighted by molar-refractivity contribution is 5.94. The molecule has 13 nitrogen and oxygen atoms in total. The molecule has 0 fully saturated rings. The summed E-state index contributed by atoms with van der Waals surface area (Å²) in [6, 6.07) is -4.93. The van der Waals surface area contributed by atoms with E-state index in [0.29, 0.717) is 25.8 Å². The molecule has 0 aromatic heterocycles. The number of carboxylic acid groups (broad SMARTS) is 2. The van der Waals surface area contributed by atoms with Gasteiger partial charge >= 0.3 is 11.9 Å². The number of amides is 3. The summed E-state index contributed by atoms with van der Waals surface area (Å²) in [4.78, 5) is 58.1. The molecular formula is C17H31N5O8. The van der Waals surface area contributed by atoms with Crippen molar-refractivity contribution in [1.82, 2.24) is 16.0 Å². The molecule has 0 heterocycles. The Labute approximate surface area is 173 Å². The van der Waals surface area contributed by atoms with Crippen molar-refractivity contribution in [1.29, 1.82) is 0 Å². The second-order valence-electron chi connectivity index (χ2n) is 6.70. The molecule has 30 heavy (non-hydrogen) atoms. The van der Waals surface area contributed by atoms with E-state index in [-0.39, 0.29) is 6.42 Å². The van der Waals surface area contributed by atoms with Crippen molar-refractivity contribution >= 4 is 29.7 Å². The summed E-state index contributed by atoms with van der Waals surface area (Å²) in [5.74, 6) is -5.05. The first kappa shape index (κ1) is 27.2. The molecule has 0 aliphatic rings. The van der Waals surface area contributed by atoms with Crippen LogP contribution in [0, 0.1) is 0 Å². The highest BCUT2D eigenvalue weighted by Crippen LogP contribution is 2.01. The number of aliphatic hydroxyl groups excluding tert-OH is 1. The van der Waals surface area contributed by atoms with Gasteiger partial charge in [0.1, 0.15) is 18.1 Å². The first-order valence-electron chi connectivity index (χ1n) is 9.45. The molecule has 0 rings (SSSR count). The van der Waals surface area contributed by atoms with Crippen molar-refractivity contribution in [2.75, 3.05) is 13.2 Å². The fourth-order valence-electron chi connectivity index (χ4n) is 2.31. The molecule has 0 aliphatic carbocycles. The summed E-state index contributed by atoms with van der Waals surface area (Å²) in [5.41, 5.74) is 11.1. The van der Waals surface area contributed by atoms with E-state index in [4.69, 9.17) is 21.7 Å². The van der Waals surface area contributed by atoms with E-state index >= 15 is 0 Å². The quantitative estimate of drug-likeness (QED) is 0.121. The summed E-state index contributed by atoms with van der Waals surface area (Å²) < 4.78 is 0. The van der Waals surface area contributed by atoms with Crippen LogP contribution < -0.4 is 27.4 Å². The van der Waals surface area contributed by atoms with Gasteiger partial charge in [-0.15, -0.1) is 0 Å². The minimum Gasteiger partial charge on any atom is -0.481 e. The van der Waals surface area contributed by atoms with Gasteiger partial charge in [0.25, 0.3) is 0 Å². The SMILES string of the molecule is CC(NC(=O)C(CO)NC(=O)C(N)CCCCN)C(=O)NC(CCC(=O)O)C(=O)O. The average Bonchev–Trinajstić information content (AvgIpc) is 2.68. The number of hydrogen-bond acceptors (Lipinski definition) is 8. The van der Waals surface area contributed by atoms with E-state index in [1.807, 2.05) is 0 Å². The Balaban J connectivity index is 4.74.